The molecule has 1 heterocycles. The molecule has 1 saturated heterocycles. The summed E-state index contributed by atoms with van der Waals surface area (Å²) < 4.78 is 13.4. The first-order chi connectivity index (χ1) is 24.2. The molecule has 0 N–H and O–H groups in total. The molecule has 49 heavy (non-hydrogen) atoms. The molecule has 0 aromatic heterocycles. The summed E-state index contributed by atoms with van der Waals surface area (Å²) >= 11 is 0. The van der Waals surface area contributed by atoms with Gasteiger partial charge < -0.3 is 14.4 Å². The smallest absolute Gasteiger partial charge is 0.158 e. The maximum Gasteiger partial charge on any atom is 0.158 e. The fourth-order valence-corrected chi connectivity index (χ4v) is 8.98. The van der Waals surface area contributed by atoms with Gasteiger partial charge in [0.1, 0.15) is 0 Å². The maximum atomic E-state index is 6.71. The molecule has 3 nitrogen and oxygen atoms in total. The van der Waals surface area contributed by atoms with Crippen LogP contribution >= 0.6 is 0 Å². The van der Waals surface area contributed by atoms with Gasteiger partial charge in [0, 0.05) is 12.0 Å². The van der Waals surface area contributed by atoms with Crippen molar-refractivity contribution in [2.45, 2.75) is 212 Å². The fraction of sp³-hybridized carbons (Fsp3) is 0.826. The van der Waals surface area contributed by atoms with E-state index in [0.29, 0.717) is 30.1 Å². The third kappa shape index (κ3) is 16.8. The highest BCUT2D eigenvalue weighted by Gasteiger charge is 2.63. The van der Waals surface area contributed by atoms with E-state index in [2.05, 4.69) is 81.5 Å². The standard InChI is InChI=1S/C46H81NO2/c1-5-7-9-11-13-15-17-19-21-23-25-27-29-31-33-35-37-40-41-39-42(47(3)4)44(40)46-45(41)48-43(49-46)38-36-34-32-30-28-26-24-22-20-18-16-14-12-10-8-6-2/h13,15,18-21,24,26,40-46H,5-12,14,16-17,22-23,25,27-39H2,1-4H3/b15-13-,20-18-,21-19-,26-24-/t40?,41-,42-,43?,44+,45-,46+/m1/s1. The van der Waals surface area contributed by atoms with Crippen molar-refractivity contribution in [1.29, 1.82) is 0 Å². The van der Waals surface area contributed by atoms with Crippen molar-refractivity contribution in [1.82, 2.24) is 4.90 Å². The first-order valence-corrected chi connectivity index (χ1v) is 21.7. The van der Waals surface area contributed by atoms with Crippen molar-refractivity contribution < 1.29 is 9.47 Å². The summed E-state index contributed by atoms with van der Waals surface area (Å²) in [6, 6.07) is 0.669. The summed E-state index contributed by atoms with van der Waals surface area (Å²) in [5, 5.41) is 0. The van der Waals surface area contributed by atoms with E-state index in [1.165, 1.54) is 154 Å². The van der Waals surface area contributed by atoms with E-state index < -0.39 is 0 Å². The monoisotopic (exact) mass is 680 g/mol. The second-order valence-corrected chi connectivity index (χ2v) is 16.0. The Morgan fingerprint density at radius 3 is 1.45 bits per heavy atom. The number of hydrogen-bond acceptors (Lipinski definition) is 3. The van der Waals surface area contributed by atoms with Crippen LogP contribution in [0.25, 0.3) is 0 Å². The largest absolute Gasteiger partial charge is 0.346 e. The number of ether oxygens (including phenoxy) is 2. The molecule has 0 aromatic rings. The van der Waals surface area contributed by atoms with Crippen LogP contribution in [0.2, 0.25) is 0 Å². The lowest BCUT2D eigenvalue weighted by atomic mass is 9.88. The van der Waals surface area contributed by atoms with Crippen molar-refractivity contribution in [3.05, 3.63) is 48.6 Å². The van der Waals surface area contributed by atoms with Crippen LogP contribution in [0.4, 0.5) is 0 Å². The molecule has 2 saturated carbocycles. The predicted octanol–water partition coefficient (Wildman–Crippen LogP) is 13.7. The summed E-state index contributed by atoms with van der Waals surface area (Å²) in [5.74, 6) is 2.17. The van der Waals surface area contributed by atoms with E-state index in [0.717, 1.165) is 25.2 Å². The minimum Gasteiger partial charge on any atom is -0.346 e. The second-order valence-electron chi connectivity index (χ2n) is 16.0. The van der Waals surface area contributed by atoms with Crippen LogP contribution in [0.1, 0.15) is 187 Å². The Morgan fingerprint density at radius 1 is 0.490 bits per heavy atom. The Morgan fingerprint density at radius 2 is 0.918 bits per heavy atom. The first kappa shape index (κ1) is 42.3. The van der Waals surface area contributed by atoms with Gasteiger partial charge in [-0.15, -0.1) is 0 Å². The van der Waals surface area contributed by atoms with Crippen molar-refractivity contribution in [3.63, 3.8) is 0 Å². The molecule has 3 heteroatoms. The van der Waals surface area contributed by atoms with Gasteiger partial charge in [0.25, 0.3) is 0 Å². The zero-order chi connectivity index (χ0) is 34.8. The molecule has 0 radical (unpaired) electrons. The molecular weight excluding hydrogens is 599 g/mol. The molecule has 3 aliphatic rings. The van der Waals surface area contributed by atoms with E-state index >= 15 is 0 Å². The molecule has 2 bridgehead atoms. The van der Waals surface area contributed by atoms with Gasteiger partial charge in [-0.2, -0.15) is 0 Å². The summed E-state index contributed by atoms with van der Waals surface area (Å²) in [7, 11) is 4.57. The van der Waals surface area contributed by atoms with Crippen LogP contribution < -0.4 is 0 Å². The SMILES string of the molecule is CCCCC/C=C\C/C=C\CCCCCCCCC1[C@@H]2[C@@H]3OC(CCCCCC/C=C\C/C=C\CCCCCCC)O[C@@H]3[C@@H]1C[C@H]2N(C)C. The van der Waals surface area contributed by atoms with E-state index in [9.17, 15) is 0 Å². The Hall–Kier alpha value is -1.16. The number of unbranched alkanes of at least 4 members (excludes halogenated alkanes) is 18. The lowest BCUT2D eigenvalue weighted by Gasteiger charge is -2.33. The Kier molecular flexibility index (Phi) is 23.7. The van der Waals surface area contributed by atoms with Crippen LogP contribution in [0.15, 0.2) is 48.6 Å². The average Bonchev–Trinajstić information content (AvgIpc) is 3.77. The zero-order valence-electron chi connectivity index (χ0n) is 33.0. The minimum absolute atomic E-state index is 0.0436. The van der Waals surface area contributed by atoms with Gasteiger partial charge in [0.15, 0.2) is 6.29 Å². The van der Waals surface area contributed by atoms with Gasteiger partial charge in [-0.25, -0.2) is 0 Å². The molecule has 0 spiro atoms. The maximum absolute atomic E-state index is 6.71. The van der Waals surface area contributed by atoms with Crippen LogP contribution in [0, 0.1) is 17.8 Å². The molecule has 0 amide bonds. The zero-order valence-corrected chi connectivity index (χ0v) is 33.0. The number of allylic oxidation sites excluding steroid dienone is 8. The van der Waals surface area contributed by atoms with Crippen LogP contribution in [0.3, 0.4) is 0 Å². The third-order valence-electron chi connectivity index (χ3n) is 11.8. The van der Waals surface area contributed by atoms with E-state index in [1.807, 2.05) is 0 Å². The molecule has 2 aliphatic carbocycles. The van der Waals surface area contributed by atoms with E-state index in [4.69, 9.17) is 9.47 Å². The lowest BCUT2D eigenvalue weighted by Crippen LogP contribution is -2.44. The number of hydrogen-bond donors (Lipinski definition) is 0. The Labute approximate surface area is 305 Å². The van der Waals surface area contributed by atoms with Crippen LogP contribution in [0.5, 0.6) is 0 Å². The summed E-state index contributed by atoms with van der Waals surface area (Å²) in [4.78, 5) is 2.49. The van der Waals surface area contributed by atoms with Gasteiger partial charge in [0.2, 0.25) is 0 Å². The first-order valence-electron chi connectivity index (χ1n) is 21.7. The van der Waals surface area contributed by atoms with Gasteiger partial charge in [-0.1, -0.05) is 146 Å². The average molecular weight is 680 g/mol. The van der Waals surface area contributed by atoms with E-state index in [1.54, 1.807) is 0 Å². The van der Waals surface area contributed by atoms with Gasteiger partial charge in [0.05, 0.1) is 12.2 Å². The van der Waals surface area contributed by atoms with Gasteiger partial charge >= 0.3 is 0 Å². The third-order valence-corrected chi connectivity index (χ3v) is 11.8. The number of nitrogens with zero attached hydrogens (tertiary/aromatic N) is 1. The molecular formula is C46H81NO2. The summed E-state index contributed by atoms with van der Waals surface area (Å²) in [6.07, 6.45) is 55.0. The number of fused-ring (bicyclic) bond motifs is 5. The molecule has 2 unspecified atom stereocenters. The topological polar surface area (TPSA) is 21.7 Å². The minimum atomic E-state index is 0.0436. The quantitative estimate of drug-likeness (QED) is 0.0538. The predicted molar refractivity (Wildman–Crippen MR) is 214 cm³/mol. The Balaban J connectivity index is 1.19. The molecule has 1 aliphatic heterocycles. The van der Waals surface area contributed by atoms with Crippen LogP contribution in [-0.4, -0.2) is 43.5 Å². The highest BCUT2D eigenvalue weighted by Crippen LogP contribution is 2.57. The molecule has 3 rings (SSSR count). The van der Waals surface area contributed by atoms with Crippen molar-refractivity contribution >= 4 is 0 Å². The normalized spacial score (nSPS) is 26.7. The molecule has 7 atom stereocenters. The number of rotatable bonds is 31. The molecule has 3 fully saturated rings. The van der Waals surface area contributed by atoms with E-state index in [-0.39, 0.29) is 6.29 Å². The van der Waals surface area contributed by atoms with Crippen molar-refractivity contribution in [3.8, 4) is 0 Å². The van der Waals surface area contributed by atoms with Crippen molar-refractivity contribution in [2.24, 2.45) is 17.8 Å². The molecule has 282 valence electrons. The Bertz CT molecular complexity index is 905. The van der Waals surface area contributed by atoms with Gasteiger partial charge in [-0.3, -0.25) is 0 Å². The molecule has 0 aromatic carbocycles. The highest BCUT2D eigenvalue weighted by molar-refractivity contribution is 5.12. The summed E-state index contributed by atoms with van der Waals surface area (Å²) in [6.45, 7) is 4.56. The van der Waals surface area contributed by atoms with Crippen LogP contribution in [-0.2, 0) is 9.47 Å². The lowest BCUT2D eigenvalue weighted by molar-refractivity contribution is -0.0939. The highest BCUT2D eigenvalue weighted by atomic mass is 16.7. The van der Waals surface area contributed by atoms with Gasteiger partial charge in [-0.05, 0) is 116 Å². The fourth-order valence-electron chi connectivity index (χ4n) is 8.98. The second kappa shape index (κ2) is 27.5. The summed E-state index contributed by atoms with van der Waals surface area (Å²) in [5.41, 5.74) is 0. The van der Waals surface area contributed by atoms with Crippen molar-refractivity contribution in [2.75, 3.05) is 14.1 Å².